The van der Waals surface area contributed by atoms with Crippen molar-refractivity contribution in [3.63, 3.8) is 0 Å². The summed E-state index contributed by atoms with van der Waals surface area (Å²) in [5.41, 5.74) is 3.12. The van der Waals surface area contributed by atoms with Crippen LogP contribution in [-0.2, 0) is 4.79 Å². The third-order valence-electron chi connectivity index (χ3n) is 2.28. The molecule has 0 atom stereocenters. The van der Waals surface area contributed by atoms with Crippen LogP contribution in [0, 0.1) is 0 Å². The van der Waals surface area contributed by atoms with Crippen LogP contribution < -0.4 is 5.32 Å². The fourth-order valence-corrected chi connectivity index (χ4v) is 1.59. The van der Waals surface area contributed by atoms with Gasteiger partial charge in [0, 0.05) is 23.9 Å². The van der Waals surface area contributed by atoms with Crippen LogP contribution in [0.3, 0.4) is 0 Å². The Kier molecular flexibility index (Phi) is 2.54. The summed E-state index contributed by atoms with van der Waals surface area (Å²) >= 11 is 0. The highest BCUT2D eigenvalue weighted by molar-refractivity contribution is 5.80. The van der Waals surface area contributed by atoms with E-state index in [-0.39, 0.29) is 0 Å². The molecule has 0 aromatic heterocycles. The van der Waals surface area contributed by atoms with Gasteiger partial charge in [0.15, 0.2) is 0 Å². The third-order valence-corrected chi connectivity index (χ3v) is 2.28. The van der Waals surface area contributed by atoms with E-state index in [1.165, 1.54) is 6.08 Å². The summed E-state index contributed by atoms with van der Waals surface area (Å²) in [6, 6.07) is 0. The Morgan fingerprint density at radius 3 is 3.07 bits per heavy atom. The topological polar surface area (TPSA) is 49.3 Å². The molecule has 3 nitrogen and oxygen atoms in total. The summed E-state index contributed by atoms with van der Waals surface area (Å²) in [6.07, 6.45) is 12.6. The third kappa shape index (κ3) is 2.07. The molecule has 2 aliphatic rings. The number of hydrogen-bond donors (Lipinski definition) is 2. The Bertz CT molecular complexity index is 437. The molecule has 0 radical (unpaired) electrons. The van der Waals surface area contributed by atoms with Gasteiger partial charge in [-0.05, 0) is 17.7 Å². The summed E-state index contributed by atoms with van der Waals surface area (Å²) in [5, 5.41) is 11.8. The SMILES string of the molecule is O=C(O)C=CC1=C2C=CC=CC=C2NC1. The Hall–Kier alpha value is -2.03. The van der Waals surface area contributed by atoms with E-state index in [1.807, 2.05) is 30.4 Å². The summed E-state index contributed by atoms with van der Waals surface area (Å²) in [4.78, 5) is 10.4. The second kappa shape index (κ2) is 4.00. The molecular weight excluding hydrogens is 190 g/mol. The van der Waals surface area contributed by atoms with Crippen LogP contribution >= 0.6 is 0 Å². The Labute approximate surface area is 87.8 Å². The normalized spacial score (nSPS) is 18.8. The lowest BCUT2D eigenvalue weighted by molar-refractivity contribution is -0.131. The summed E-state index contributed by atoms with van der Waals surface area (Å²) < 4.78 is 0. The van der Waals surface area contributed by atoms with E-state index in [0.29, 0.717) is 6.54 Å². The molecule has 0 saturated heterocycles. The van der Waals surface area contributed by atoms with E-state index in [2.05, 4.69) is 5.32 Å². The van der Waals surface area contributed by atoms with Crippen molar-refractivity contribution in [2.75, 3.05) is 6.54 Å². The first kappa shape index (κ1) is 9.52. The predicted octanol–water partition coefficient (Wildman–Crippen LogP) is 1.54. The van der Waals surface area contributed by atoms with Crippen LogP contribution in [0.2, 0.25) is 0 Å². The van der Waals surface area contributed by atoms with Crippen molar-refractivity contribution < 1.29 is 9.90 Å². The standard InChI is InChI=1S/C12H11NO2/c14-12(15)7-6-9-8-13-11-5-3-1-2-4-10(9)11/h1-7,13H,8H2,(H,14,15). The number of rotatable bonds is 2. The molecule has 2 rings (SSSR count). The number of allylic oxidation sites excluding steroid dienone is 5. The zero-order chi connectivity index (χ0) is 10.7. The fraction of sp³-hybridized carbons (Fsp3) is 0.0833. The van der Waals surface area contributed by atoms with Crippen molar-refractivity contribution >= 4 is 5.97 Å². The maximum absolute atomic E-state index is 10.4. The van der Waals surface area contributed by atoms with Gasteiger partial charge in [0.2, 0.25) is 0 Å². The first-order valence-corrected chi connectivity index (χ1v) is 4.71. The van der Waals surface area contributed by atoms with Crippen LogP contribution in [0.25, 0.3) is 0 Å². The summed E-state index contributed by atoms with van der Waals surface area (Å²) in [6.45, 7) is 0.684. The van der Waals surface area contributed by atoms with Crippen LogP contribution in [0.4, 0.5) is 0 Å². The lowest BCUT2D eigenvalue weighted by Gasteiger charge is -1.97. The smallest absolute Gasteiger partial charge is 0.328 e. The maximum Gasteiger partial charge on any atom is 0.328 e. The molecule has 15 heavy (non-hydrogen) atoms. The van der Waals surface area contributed by atoms with E-state index in [4.69, 9.17) is 5.11 Å². The van der Waals surface area contributed by atoms with Gasteiger partial charge in [-0.1, -0.05) is 24.3 Å². The molecule has 1 aliphatic heterocycles. The lowest BCUT2D eigenvalue weighted by atomic mass is 10.1. The molecule has 0 saturated carbocycles. The average molecular weight is 201 g/mol. The molecule has 0 spiro atoms. The van der Waals surface area contributed by atoms with Crippen LogP contribution in [0.1, 0.15) is 0 Å². The number of hydrogen-bond acceptors (Lipinski definition) is 2. The quantitative estimate of drug-likeness (QED) is 0.666. The number of carbonyl (C=O) groups is 1. The fourth-order valence-electron chi connectivity index (χ4n) is 1.59. The number of aliphatic carboxylic acids is 1. The van der Waals surface area contributed by atoms with Crippen molar-refractivity contribution in [3.05, 3.63) is 59.4 Å². The molecule has 3 heteroatoms. The number of carboxylic acids is 1. The van der Waals surface area contributed by atoms with Gasteiger partial charge in [-0.2, -0.15) is 0 Å². The van der Waals surface area contributed by atoms with Crippen molar-refractivity contribution in [2.45, 2.75) is 0 Å². The van der Waals surface area contributed by atoms with Gasteiger partial charge in [0.05, 0.1) is 0 Å². The van der Waals surface area contributed by atoms with Gasteiger partial charge >= 0.3 is 5.97 Å². The molecule has 0 unspecified atom stereocenters. The van der Waals surface area contributed by atoms with E-state index in [0.717, 1.165) is 16.8 Å². The number of carboxylic acid groups (broad SMARTS) is 1. The molecule has 0 amide bonds. The van der Waals surface area contributed by atoms with Gasteiger partial charge in [0.1, 0.15) is 0 Å². The van der Waals surface area contributed by atoms with E-state index in [1.54, 1.807) is 6.08 Å². The van der Waals surface area contributed by atoms with Gasteiger partial charge < -0.3 is 10.4 Å². The van der Waals surface area contributed by atoms with Gasteiger partial charge in [0.25, 0.3) is 0 Å². The summed E-state index contributed by atoms with van der Waals surface area (Å²) in [5.74, 6) is -0.920. The van der Waals surface area contributed by atoms with Gasteiger partial charge in [-0.25, -0.2) is 4.79 Å². The zero-order valence-electron chi connectivity index (χ0n) is 8.10. The second-order valence-electron chi connectivity index (χ2n) is 3.29. The zero-order valence-corrected chi connectivity index (χ0v) is 8.10. The molecule has 0 fully saturated rings. The Morgan fingerprint density at radius 2 is 2.27 bits per heavy atom. The number of fused-ring (bicyclic) bond motifs is 1. The molecular formula is C12H11NO2. The van der Waals surface area contributed by atoms with Crippen LogP contribution in [0.15, 0.2) is 59.4 Å². The molecule has 2 N–H and O–H groups in total. The molecule has 0 aromatic rings. The Morgan fingerprint density at radius 1 is 1.40 bits per heavy atom. The largest absolute Gasteiger partial charge is 0.478 e. The predicted molar refractivity (Wildman–Crippen MR) is 58.2 cm³/mol. The first-order chi connectivity index (χ1) is 7.27. The maximum atomic E-state index is 10.4. The van der Waals surface area contributed by atoms with E-state index < -0.39 is 5.97 Å². The summed E-state index contributed by atoms with van der Waals surface area (Å²) in [7, 11) is 0. The minimum absolute atomic E-state index is 0.684. The lowest BCUT2D eigenvalue weighted by Crippen LogP contribution is -2.06. The molecule has 1 aliphatic carbocycles. The van der Waals surface area contributed by atoms with Gasteiger partial charge in [-0.15, -0.1) is 0 Å². The van der Waals surface area contributed by atoms with Gasteiger partial charge in [-0.3, -0.25) is 0 Å². The van der Waals surface area contributed by atoms with E-state index >= 15 is 0 Å². The first-order valence-electron chi connectivity index (χ1n) is 4.71. The van der Waals surface area contributed by atoms with Crippen LogP contribution in [0.5, 0.6) is 0 Å². The minimum Gasteiger partial charge on any atom is -0.478 e. The van der Waals surface area contributed by atoms with Crippen molar-refractivity contribution in [2.24, 2.45) is 0 Å². The Balaban J connectivity index is 2.32. The molecule has 1 heterocycles. The van der Waals surface area contributed by atoms with Crippen molar-refractivity contribution in [1.29, 1.82) is 0 Å². The van der Waals surface area contributed by atoms with Crippen LogP contribution in [-0.4, -0.2) is 17.6 Å². The van der Waals surface area contributed by atoms with Crippen molar-refractivity contribution in [3.8, 4) is 0 Å². The van der Waals surface area contributed by atoms with E-state index in [9.17, 15) is 4.79 Å². The molecule has 0 bridgehead atoms. The van der Waals surface area contributed by atoms with Crippen molar-refractivity contribution in [1.82, 2.24) is 5.32 Å². The highest BCUT2D eigenvalue weighted by Gasteiger charge is 2.14. The molecule has 76 valence electrons. The minimum atomic E-state index is -0.920. The molecule has 0 aromatic carbocycles. The second-order valence-corrected chi connectivity index (χ2v) is 3.29. The highest BCUT2D eigenvalue weighted by atomic mass is 16.4. The monoisotopic (exact) mass is 201 g/mol. The highest BCUT2D eigenvalue weighted by Crippen LogP contribution is 2.23. The average Bonchev–Trinajstić information content (AvgIpc) is 2.44. The number of nitrogens with one attached hydrogen (secondary N) is 1.